The molecule has 0 radical (unpaired) electrons. The van der Waals surface area contributed by atoms with E-state index in [0.29, 0.717) is 5.69 Å². The number of nitrogen functional groups attached to an aromatic ring is 1. The maximum absolute atomic E-state index is 10.2. The monoisotopic (exact) mass is 172 g/mol. The highest BCUT2D eigenvalue weighted by Gasteiger charge is 2.06. The van der Waals surface area contributed by atoms with Gasteiger partial charge in [0.05, 0.1) is 4.92 Å². The van der Waals surface area contributed by atoms with Crippen LogP contribution >= 0.6 is 11.6 Å². The fraction of sp³-hybridized carbons (Fsp3) is 0. The van der Waals surface area contributed by atoms with Crippen molar-refractivity contribution in [3.05, 3.63) is 33.3 Å². The fourth-order valence-corrected chi connectivity index (χ4v) is 0.939. The Bertz CT molecular complexity index is 280. The first kappa shape index (κ1) is 7.81. The molecule has 0 spiro atoms. The SMILES string of the molecule is Nc1cc(Cl)cc([N+](=O)[O-])c1. The van der Waals surface area contributed by atoms with Crippen molar-refractivity contribution in [3.63, 3.8) is 0 Å². The zero-order valence-corrected chi connectivity index (χ0v) is 6.21. The molecule has 0 saturated heterocycles. The number of nitro benzene ring substituents is 1. The van der Waals surface area contributed by atoms with Crippen LogP contribution in [0.3, 0.4) is 0 Å². The van der Waals surface area contributed by atoms with Gasteiger partial charge < -0.3 is 5.73 Å². The van der Waals surface area contributed by atoms with Crippen LogP contribution in [0, 0.1) is 10.1 Å². The van der Waals surface area contributed by atoms with Gasteiger partial charge in [0.1, 0.15) is 0 Å². The average Bonchev–Trinajstić information content (AvgIpc) is 1.85. The second-order valence-electron chi connectivity index (χ2n) is 2.00. The third kappa shape index (κ3) is 1.81. The van der Waals surface area contributed by atoms with E-state index >= 15 is 0 Å². The number of nitrogens with two attached hydrogens (primary N) is 1. The Kier molecular flexibility index (Phi) is 1.96. The summed E-state index contributed by atoms with van der Waals surface area (Å²) in [6.45, 7) is 0. The molecule has 0 atom stereocenters. The first-order valence-corrected chi connectivity index (χ1v) is 3.18. The quantitative estimate of drug-likeness (QED) is 0.399. The van der Waals surface area contributed by atoms with E-state index in [1.165, 1.54) is 18.2 Å². The molecular formula is C6H5ClN2O2. The molecule has 11 heavy (non-hydrogen) atoms. The third-order valence-electron chi connectivity index (χ3n) is 1.12. The molecule has 0 amide bonds. The smallest absolute Gasteiger partial charge is 0.272 e. The van der Waals surface area contributed by atoms with Gasteiger partial charge in [-0.05, 0) is 6.07 Å². The summed E-state index contributed by atoms with van der Waals surface area (Å²) in [7, 11) is 0. The largest absolute Gasteiger partial charge is 0.398 e. The molecule has 0 aliphatic rings. The molecule has 0 heterocycles. The van der Waals surface area contributed by atoms with Crippen molar-refractivity contribution in [2.24, 2.45) is 0 Å². The van der Waals surface area contributed by atoms with Crippen LogP contribution in [0.5, 0.6) is 0 Å². The summed E-state index contributed by atoms with van der Waals surface area (Å²) >= 11 is 5.51. The molecule has 0 unspecified atom stereocenters. The summed E-state index contributed by atoms with van der Waals surface area (Å²) in [5.74, 6) is 0. The van der Waals surface area contributed by atoms with Gasteiger partial charge in [-0.25, -0.2) is 0 Å². The molecular weight excluding hydrogens is 168 g/mol. The highest BCUT2D eigenvalue weighted by atomic mass is 35.5. The van der Waals surface area contributed by atoms with Crippen molar-refractivity contribution in [1.29, 1.82) is 0 Å². The molecule has 0 aliphatic carbocycles. The van der Waals surface area contributed by atoms with Gasteiger partial charge in [0.15, 0.2) is 0 Å². The van der Waals surface area contributed by atoms with E-state index in [4.69, 9.17) is 17.3 Å². The van der Waals surface area contributed by atoms with E-state index < -0.39 is 4.92 Å². The predicted octanol–water partition coefficient (Wildman–Crippen LogP) is 1.83. The summed E-state index contributed by atoms with van der Waals surface area (Å²) in [6.07, 6.45) is 0. The van der Waals surface area contributed by atoms with E-state index in [1.807, 2.05) is 0 Å². The fourth-order valence-electron chi connectivity index (χ4n) is 0.702. The lowest BCUT2D eigenvalue weighted by Gasteiger charge is -1.94. The van der Waals surface area contributed by atoms with Crippen LogP contribution in [0.2, 0.25) is 5.02 Å². The molecule has 1 rings (SSSR count). The number of hydrogen-bond donors (Lipinski definition) is 1. The van der Waals surface area contributed by atoms with Crippen LogP contribution < -0.4 is 5.73 Å². The highest BCUT2D eigenvalue weighted by molar-refractivity contribution is 6.31. The maximum Gasteiger partial charge on any atom is 0.272 e. The van der Waals surface area contributed by atoms with E-state index in [9.17, 15) is 10.1 Å². The van der Waals surface area contributed by atoms with E-state index in [1.54, 1.807) is 0 Å². The van der Waals surface area contributed by atoms with Gasteiger partial charge in [0, 0.05) is 22.8 Å². The Labute approximate surface area is 67.7 Å². The summed E-state index contributed by atoms with van der Waals surface area (Å²) in [5, 5.41) is 10.5. The topological polar surface area (TPSA) is 69.2 Å². The number of nitrogens with zero attached hydrogens (tertiary/aromatic N) is 1. The van der Waals surface area contributed by atoms with Crippen molar-refractivity contribution in [1.82, 2.24) is 0 Å². The third-order valence-corrected chi connectivity index (χ3v) is 1.33. The van der Waals surface area contributed by atoms with Gasteiger partial charge in [-0.3, -0.25) is 10.1 Å². The van der Waals surface area contributed by atoms with Crippen LogP contribution in [-0.2, 0) is 0 Å². The van der Waals surface area contributed by atoms with Crippen LogP contribution in [0.1, 0.15) is 0 Å². The standard InChI is InChI=1S/C6H5ClN2O2/c7-4-1-5(8)3-6(2-4)9(10)11/h1-3H,8H2. The minimum absolute atomic E-state index is 0.0880. The van der Waals surface area contributed by atoms with Crippen molar-refractivity contribution in [2.75, 3.05) is 5.73 Å². The number of halogens is 1. The van der Waals surface area contributed by atoms with Gasteiger partial charge in [-0.1, -0.05) is 11.6 Å². The Morgan fingerprint density at radius 3 is 2.55 bits per heavy atom. The number of anilines is 1. The van der Waals surface area contributed by atoms with Crippen molar-refractivity contribution < 1.29 is 4.92 Å². The molecule has 0 bridgehead atoms. The molecule has 1 aromatic carbocycles. The lowest BCUT2D eigenvalue weighted by atomic mass is 10.3. The van der Waals surface area contributed by atoms with Crippen molar-refractivity contribution in [2.45, 2.75) is 0 Å². The summed E-state index contributed by atoms with van der Waals surface area (Å²) < 4.78 is 0. The maximum atomic E-state index is 10.2. The number of benzene rings is 1. The number of rotatable bonds is 1. The Balaban J connectivity index is 3.19. The van der Waals surface area contributed by atoms with Crippen molar-refractivity contribution >= 4 is 23.0 Å². The van der Waals surface area contributed by atoms with Crippen molar-refractivity contribution in [3.8, 4) is 0 Å². The summed E-state index contributed by atoms with van der Waals surface area (Å²) in [5.41, 5.74) is 5.52. The van der Waals surface area contributed by atoms with Gasteiger partial charge >= 0.3 is 0 Å². The molecule has 0 fully saturated rings. The zero-order chi connectivity index (χ0) is 8.43. The normalized spacial score (nSPS) is 9.55. The average molecular weight is 173 g/mol. The number of hydrogen-bond acceptors (Lipinski definition) is 3. The molecule has 0 saturated carbocycles. The van der Waals surface area contributed by atoms with Crippen LogP contribution in [0.25, 0.3) is 0 Å². The van der Waals surface area contributed by atoms with Crippen LogP contribution in [0.4, 0.5) is 11.4 Å². The lowest BCUT2D eigenvalue weighted by Crippen LogP contribution is -1.90. The molecule has 4 nitrogen and oxygen atoms in total. The van der Waals surface area contributed by atoms with E-state index in [0.717, 1.165) is 0 Å². The van der Waals surface area contributed by atoms with Gasteiger partial charge in [0.25, 0.3) is 5.69 Å². The molecule has 5 heteroatoms. The minimum atomic E-state index is -0.539. The molecule has 0 aliphatic heterocycles. The first-order chi connectivity index (χ1) is 5.09. The summed E-state index contributed by atoms with van der Waals surface area (Å²) in [4.78, 5) is 9.66. The minimum Gasteiger partial charge on any atom is -0.398 e. The van der Waals surface area contributed by atoms with Crippen LogP contribution in [0.15, 0.2) is 18.2 Å². The number of nitro groups is 1. The second kappa shape index (κ2) is 2.75. The Morgan fingerprint density at radius 1 is 1.45 bits per heavy atom. The Hall–Kier alpha value is -1.29. The molecule has 0 aromatic heterocycles. The Morgan fingerprint density at radius 2 is 2.09 bits per heavy atom. The molecule has 2 N–H and O–H groups in total. The van der Waals surface area contributed by atoms with Crippen LogP contribution in [-0.4, -0.2) is 4.92 Å². The molecule has 58 valence electrons. The molecule has 1 aromatic rings. The van der Waals surface area contributed by atoms with E-state index in [-0.39, 0.29) is 10.7 Å². The van der Waals surface area contributed by atoms with E-state index in [2.05, 4.69) is 0 Å². The number of non-ortho nitro benzene ring substituents is 1. The highest BCUT2D eigenvalue weighted by Crippen LogP contribution is 2.21. The van der Waals surface area contributed by atoms with Gasteiger partial charge in [-0.2, -0.15) is 0 Å². The zero-order valence-electron chi connectivity index (χ0n) is 5.45. The van der Waals surface area contributed by atoms with Gasteiger partial charge in [0.2, 0.25) is 0 Å². The second-order valence-corrected chi connectivity index (χ2v) is 2.44. The van der Waals surface area contributed by atoms with Gasteiger partial charge in [-0.15, -0.1) is 0 Å². The first-order valence-electron chi connectivity index (χ1n) is 2.80. The lowest BCUT2D eigenvalue weighted by molar-refractivity contribution is -0.384. The predicted molar refractivity (Wildman–Crippen MR) is 42.5 cm³/mol. The summed E-state index contributed by atoms with van der Waals surface area (Å²) in [6, 6.07) is 3.96.